The molecule has 2 N–H and O–H groups in total. The summed E-state index contributed by atoms with van der Waals surface area (Å²) in [4.78, 5) is 34.9. The lowest BCUT2D eigenvalue weighted by Gasteiger charge is -2.20. The summed E-state index contributed by atoms with van der Waals surface area (Å²) in [5.74, 6) is -0.936. The van der Waals surface area contributed by atoms with E-state index in [4.69, 9.17) is 16.7 Å². The molecule has 1 aromatic carbocycles. The van der Waals surface area contributed by atoms with E-state index in [2.05, 4.69) is 5.32 Å². The third-order valence-electron chi connectivity index (χ3n) is 3.95. The van der Waals surface area contributed by atoms with Crippen molar-refractivity contribution in [3.05, 3.63) is 38.9 Å². The number of carboxylic acid groups (broad SMARTS) is 1. The van der Waals surface area contributed by atoms with Crippen molar-refractivity contribution >= 4 is 29.3 Å². The summed E-state index contributed by atoms with van der Waals surface area (Å²) in [6.45, 7) is 2.09. The number of halogens is 1. The van der Waals surface area contributed by atoms with Crippen LogP contribution in [0.4, 0.5) is 10.5 Å². The van der Waals surface area contributed by atoms with Crippen LogP contribution < -0.4 is 5.32 Å². The van der Waals surface area contributed by atoms with Crippen molar-refractivity contribution in [2.24, 2.45) is 5.41 Å². The fraction of sp³-hybridized carbons (Fsp3) is 0.429. The summed E-state index contributed by atoms with van der Waals surface area (Å²) in [5.41, 5.74) is -0.631. The standard InChI is InChI=1S/C14H16ClN3O5/c1-14(12(19)20)4-5-17(8-14)13(21)16-7-9-6-10(18(22)23)2-3-11(9)15/h2-3,6H,4-5,7-8H2,1H3,(H,16,21)(H,19,20). The summed E-state index contributed by atoms with van der Waals surface area (Å²) in [5, 5.41) is 22.8. The van der Waals surface area contributed by atoms with E-state index in [1.54, 1.807) is 6.92 Å². The predicted octanol–water partition coefficient (Wildman–Crippen LogP) is 2.25. The molecule has 1 saturated heterocycles. The Labute approximate surface area is 137 Å². The van der Waals surface area contributed by atoms with Crippen LogP contribution in [0.3, 0.4) is 0 Å². The van der Waals surface area contributed by atoms with Gasteiger partial charge in [-0.25, -0.2) is 4.79 Å². The maximum Gasteiger partial charge on any atom is 0.317 e. The number of hydrogen-bond acceptors (Lipinski definition) is 4. The van der Waals surface area contributed by atoms with Gasteiger partial charge in [0, 0.05) is 36.8 Å². The molecule has 1 unspecified atom stereocenters. The van der Waals surface area contributed by atoms with E-state index >= 15 is 0 Å². The van der Waals surface area contributed by atoms with Crippen molar-refractivity contribution in [1.29, 1.82) is 0 Å². The van der Waals surface area contributed by atoms with Crippen LogP contribution in [0.1, 0.15) is 18.9 Å². The molecule has 1 aromatic rings. The summed E-state index contributed by atoms with van der Waals surface area (Å²) < 4.78 is 0. The second-order valence-corrected chi connectivity index (χ2v) is 6.14. The average molecular weight is 342 g/mol. The zero-order valence-corrected chi connectivity index (χ0v) is 13.2. The number of benzene rings is 1. The molecule has 2 amide bonds. The molecule has 124 valence electrons. The second-order valence-electron chi connectivity index (χ2n) is 5.73. The number of carboxylic acids is 1. The van der Waals surface area contributed by atoms with Crippen LogP contribution >= 0.6 is 11.6 Å². The zero-order chi connectivity index (χ0) is 17.2. The molecule has 1 aliphatic rings. The van der Waals surface area contributed by atoms with Crippen molar-refractivity contribution in [2.75, 3.05) is 13.1 Å². The molecule has 0 saturated carbocycles. The summed E-state index contributed by atoms with van der Waals surface area (Å²) in [7, 11) is 0. The lowest BCUT2D eigenvalue weighted by atomic mass is 9.90. The van der Waals surface area contributed by atoms with Gasteiger partial charge in [-0.1, -0.05) is 11.6 Å². The largest absolute Gasteiger partial charge is 0.481 e. The Hall–Kier alpha value is -2.35. The summed E-state index contributed by atoms with van der Waals surface area (Å²) in [6, 6.07) is 3.57. The fourth-order valence-corrected chi connectivity index (χ4v) is 2.59. The molecule has 1 heterocycles. The minimum absolute atomic E-state index is 0.0274. The third kappa shape index (κ3) is 3.70. The minimum atomic E-state index is -0.944. The SMILES string of the molecule is CC1(C(=O)O)CCN(C(=O)NCc2cc([N+](=O)[O-])ccc2Cl)C1. The van der Waals surface area contributed by atoms with E-state index in [9.17, 15) is 19.7 Å². The summed E-state index contributed by atoms with van der Waals surface area (Å²) >= 11 is 5.97. The number of nitrogens with one attached hydrogen (secondary N) is 1. The van der Waals surface area contributed by atoms with Gasteiger partial charge in [-0.2, -0.15) is 0 Å². The Bertz CT molecular complexity index is 666. The fourth-order valence-electron chi connectivity index (χ4n) is 2.40. The van der Waals surface area contributed by atoms with Gasteiger partial charge in [0.1, 0.15) is 0 Å². The molecule has 9 heteroatoms. The van der Waals surface area contributed by atoms with Crippen molar-refractivity contribution < 1.29 is 19.6 Å². The molecular weight excluding hydrogens is 326 g/mol. The van der Waals surface area contributed by atoms with Crippen LogP contribution in [0.2, 0.25) is 5.02 Å². The van der Waals surface area contributed by atoms with E-state index in [1.165, 1.54) is 23.1 Å². The Morgan fingerprint density at radius 1 is 1.52 bits per heavy atom. The van der Waals surface area contributed by atoms with Crippen LogP contribution in [-0.2, 0) is 11.3 Å². The first-order valence-corrected chi connectivity index (χ1v) is 7.30. The number of hydrogen-bond donors (Lipinski definition) is 2. The lowest BCUT2D eigenvalue weighted by Crippen LogP contribution is -2.40. The molecule has 23 heavy (non-hydrogen) atoms. The number of carbonyl (C=O) groups is 2. The van der Waals surface area contributed by atoms with E-state index in [0.29, 0.717) is 23.6 Å². The van der Waals surface area contributed by atoms with Gasteiger partial charge >= 0.3 is 12.0 Å². The van der Waals surface area contributed by atoms with Gasteiger partial charge < -0.3 is 15.3 Å². The first-order chi connectivity index (χ1) is 10.7. The Morgan fingerprint density at radius 3 is 2.78 bits per heavy atom. The average Bonchev–Trinajstić information content (AvgIpc) is 2.90. The van der Waals surface area contributed by atoms with Gasteiger partial charge in [-0.05, 0) is 25.0 Å². The lowest BCUT2D eigenvalue weighted by molar-refractivity contribution is -0.384. The van der Waals surface area contributed by atoms with E-state index in [1.807, 2.05) is 0 Å². The van der Waals surface area contributed by atoms with Crippen molar-refractivity contribution in [3.8, 4) is 0 Å². The molecule has 0 aromatic heterocycles. The number of nitro groups is 1. The number of nitrogens with zero attached hydrogens (tertiary/aromatic N) is 2. The maximum absolute atomic E-state index is 12.1. The smallest absolute Gasteiger partial charge is 0.317 e. The quantitative estimate of drug-likeness (QED) is 0.644. The van der Waals surface area contributed by atoms with Gasteiger partial charge in [0.2, 0.25) is 0 Å². The minimum Gasteiger partial charge on any atom is -0.481 e. The van der Waals surface area contributed by atoms with E-state index in [0.717, 1.165) is 0 Å². The number of amides is 2. The van der Waals surface area contributed by atoms with Crippen LogP contribution in [0, 0.1) is 15.5 Å². The molecule has 0 radical (unpaired) electrons. The molecule has 1 fully saturated rings. The number of likely N-dealkylation sites (tertiary alicyclic amines) is 1. The molecule has 0 bridgehead atoms. The third-order valence-corrected chi connectivity index (χ3v) is 4.32. The zero-order valence-electron chi connectivity index (χ0n) is 12.4. The number of carbonyl (C=O) groups excluding carboxylic acids is 1. The molecule has 0 aliphatic carbocycles. The Kier molecular flexibility index (Phi) is 4.74. The van der Waals surface area contributed by atoms with Gasteiger partial charge in [0.15, 0.2) is 0 Å². The number of non-ortho nitro benzene ring substituents is 1. The van der Waals surface area contributed by atoms with Gasteiger partial charge in [-0.3, -0.25) is 14.9 Å². The van der Waals surface area contributed by atoms with Crippen LogP contribution in [0.25, 0.3) is 0 Å². The highest BCUT2D eigenvalue weighted by atomic mass is 35.5. The molecule has 2 rings (SSSR count). The highest BCUT2D eigenvalue weighted by Crippen LogP contribution is 2.30. The Balaban J connectivity index is 1.99. The maximum atomic E-state index is 12.1. The number of rotatable bonds is 4. The number of urea groups is 1. The van der Waals surface area contributed by atoms with Gasteiger partial charge in [-0.15, -0.1) is 0 Å². The Morgan fingerprint density at radius 2 is 2.22 bits per heavy atom. The molecule has 1 aliphatic heterocycles. The van der Waals surface area contributed by atoms with Gasteiger partial charge in [0.25, 0.3) is 5.69 Å². The molecular formula is C14H16ClN3O5. The first kappa shape index (κ1) is 17.0. The van der Waals surface area contributed by atoms with Crippen LogP contribution in [0.5, 0.6) is 0 Å². The number of aliphatic carboxylic acids is 1. The molecule has 8 nitrogen and oxygen atoms in total. The number of nitro benzene ring substituents is 1. The molecule has 1 atom stereocenters. The first-order valence-electron chi connectivity index (χ1n) is 6.92. The summed E-state index contributed by atoms with van der Waals surface area (Å²) in [6.07, 6.45) is 0.382. The topological polar surface area (TPSA) is 113 Å². The highest BCUT2D eigenvalue weighted by molar-refractivity contribution is 6.31. The van der Waals surface area contributed by atoms with Crippen LogP contribution in [-0.4, -0.2) is 40.0 Å². The monoisotopic (exact) mass is 341 g/mol. The van der Waals surface area contributed by atoms with E-state index in [-0.39, 0.29) is 18.8 Å². The predicted molar refractivity (Wildman–Crippen MR) is 82.3 cm³/mol. The van der Waals surface area contributed by atoms with E-state index < -0.39 is 22.3 Å². The van der Waals surface area contributed by atoms with Gasteiger partial charge in [0.05, 0.1) is 10.3 Å². The normalized spacial score (nSPS) is 20.3. The second kappa shape index (κ2) is 6.41. The van der Waals surface area contributed by atoms with Crippen molar-refractivity contribution in [2.45, 2.75) is 19.9 Å². The van der Waals surface area contributed by atoms with Crippen LogP contribution in [0.15, 0.2) is 18.2 Å². The van der Waals surface area contributed by atoms with Crippen molar-refractivity contribution in [1.82, 2.24) is 10.2 Å². The highest BCUT2D eigenvalue weighted by Gasteiger charge is 2.42. The van der Waals surface area contributed by atoms with Crippen molar-refractivity contribution in [3.63, 3.8) is 0 Å². The molecule has 0 spiro atoms.